The second kappa shape index (κ2) is 7.74. The van der Waals surface area contributed by atoms with E-state index in [1.54, 1.807) is 24.9 Å². The van der Waals surface area contributed by atoms with Gasteiger partial charge in [-0.25, -0.2) is 4.57 Å². The minimum atomic E-state index is -0.578. The Kier molecular flexibility index (Phi) is 5.23. The van der Waals surface area contributed by atoms with Crippen molar-refractivity contribution in [2.45, 2.75) is 26.2 Å². The van der Waals surface area contributed by atoms with Gasteiger partial charge >= 0.3 is 0 Å². The summed E-state index contributed by atoms with van der Waals surface area (Å²) in [6.45, 7) is 5.84. The Balaban J connectivity index is 2.22. The quantitative estimate of drug-likeness (QED) is 0.542. The zero-order valence-corrected chi connectivity index (χ0v) is 18.9. The van der Waals surface area contributed by atoms with E-state index in [0.717, 1.165) is 0 Å². The highest BCUT2D eigenvalue weighted by Gasteiger charge is 2.35. The van der Waals surface area contributed by atoms with Crippen molar-refractivity contribution in [3.63, 3.8) is 0 Å². The van der Waals surface area contributed by atoms with Crippen molar-refractivity contribution in [3.8, 4) is 28.8 Å². The number of benzene rings is 2. The second-order valence-corrected chi connectivity index (χ2v) is 8.23. The highest BCUT2D eigenvalue weighted by Crippen LogP contribution is 2.40. The lowest BCUT2D eigenvalue weighted by Gasteiger charge is -2.32. The maximum Gasteiger partial charge on any atom is 0.266 e. The van der Waals surface area contributed by atoms with E-state index in [-0.39, 0.29) is 10.3 Å². The van der Waals surface area contributed by atoms with Gasteiger partial charge in [0.25, 0.3) is 5.56 Å². The molecule has 0 atom stereocenters. The molecule has 1 aromatic heterocycles. The molecule has 7 heteroatoms. The molecular formula is C24H24N2O4S. The smallest absolute Gasteiger partial charge is 0.266 e. The van der Waals surface area contributed by atoms with Crippen molar-refractivity contribution < 1.29 is 14.2 Å². The van der Waals surface area contributed by atoms with Crippen LogP contribution >= 0.6 is 12.2 Å². The van der Waals surface area contributed by atoms with Crippen LogP contribution in [0.5, 0.6) is 17.4 Å². The van der Waals surface area contributed by atoms with Crippen molar-refractivity contribution >= 4 is 12.2 Å². The van der Waals surface area contributed by atoms with Gasteiger partial charge in [-0.05, 0) is 49.5 Å². The van der Waals surface area contributed by atoms with Crippen LogP contribution in [0.2, 0.25) is 0 Å². The molecule has 0 unspecified atom stereocenters. The molecule has 31 heavy (non-hydrogen) atoms. The normalized spacial score (nSPS) is 14.3. The first-order valence-electron chi connectivity index (χ1n) is 9.86. The molecule has 4 rings (SSSR count). The number of ether oxygens (including phenoxy) is 3. The Hall–Kier alpha value is -3.32. The zero-order valence-electron chi connectivity index (χ0n) is 18.1. The Morgan fingerprint density at radius 1 is 0.903 bits per heavy atom. The van der Waals surface area contributed by atoms with Gasteiger partial charge in [0, 0.05) is 5.41 Å². The van der Waals surface area contributed by atoms with Crippen LogP contribution < -0.4 is 19.8 Å². The summed E-state index contributed by atoms with van der Waals surface area (Å²) in [5.74, 6) is 2.25. The molecular weight excluding hydrogens is 412 g/mol. The fourth-order valence-corrected chi connectivity index (χ4v) is 4.42. The summed E-state index contributed by atoms with van der Waals surface area (Å²) in [6, 6.07) is 14.8. The van der Waals surface area contributed by atoms with Crippen LogP contribution in [0.4, 0.5) is 0 Å². The molecule has 160 valence electrons. The molecule has 0 N–H and O–H groups in total. The number of allylic oxidation sites excluding steroid dienone is 2. The van der Waals surface area contributed by atoms with Crippen molar-refractivity contribution in [1.82, 2.24) is 9.13 Å². The predicted molar refractivity (Wildman–Crippen MR) is 123 cm³/mol. The molecule has 0 saturated heterocycles. The lowest BCUT2D eigenvalue weighted by Crippen LogP contribution is -2.37. The molecule has 1 aliphatic rings. The fourth-order valence-electron chi connectivity index (χ4n) is 4.05. The van der Waals surface area contributed by atoms with Crippen molar-refractivity contribution in [2.24, 2.45) is 0 Å². The molecule has 3 aromatic rings. The predicted octanol–water partition coefficient (Wildman–Crippen LogP) is 4.95. The largest absolute Gasteiger partial charge is 0.495 e. The van der Waals surface area contributed by atoms with Crippen molar-refractivity contribution in [1.29, 1.82) is 0 Å². The topological polar surface area (TPSA) is 54.6 Å². The van der Waals surface area contributed by atoms with Gasteiger partial charge < -0.3 is 14.2 Å². The zero-order chi connectivity index (χ0) is 22.3. The Morgan fingerprint density at radius 3 is 1.97 bits per heavy atom. The van der Waals surface area contributed by atoms with Gasteiger partial charge in [-0.1, -0.05) is 38.1 Å². The summed E-state index contributed by atoms with van der Waals surface area (Å²) in [7, 11) is 3.17. The number of hydrogen-bond acceptors (Lipinski definition) is 5. The molecule has 2 heterocycles. The number of para-hydroxylation sites is 4. The Morgan fingerprint density at radius 2 is 1.42 bits per heavy atom. The van der Waals surface area contributed by atoms with E-state index in [9.17, 15) is 4.79 Å². The standard InChI is InChI=1S/C24H24N2O4S/c1-15-14-24(2,3)20-21(27)25(16-10-6-8-12-18(16)28-4)23(31)26(22(20)30-15)17-11-7-9-13-19(17)29-5/h6-14H,1-5H3. The third-order valence-corrected chi connectivity index (χ3v) is 5.70. The van der Waals surface area contributed by atoms with Crippen LogP contribution in [-0.2, 0) is 5.41 Å². The number of nitrogens with zero attached hydrogens (tertiary/aromatic N) is 2. The summed E-state index contributed by atoms with van der Waals surface area (Å²) in [5.41, 5.74) is 0.924. The molecule has 2 aromatic carbocycles. The first-order chi connectivity index (χ1) is 14.8. The maximum atomic E-state index is 13.9. The monoisotopic (exact) mass is 436 g/mol. The van der Waals surface area contributed by atoms with E-state index in [0.29, 0.717) is 40.1 Å². The van der Waals surface area contributed by atoms with E-state index in [4.69, 9.17) is 26.4 Å². The van der Waals surface area contributed by atoms with Gasteiger partial charge in [-0.15, -0.1) is 0 Å². The molecule has 0 spiro atoms. The summed E-state index contributed by atoms with van der Waals surface area (Å²) >= 11 is 5.87. The van der Waals surface area contributed by atoms with Crippen LogP contribution in [0.1, 0.15) is 26.3 Å². The lowest BCUT2D eigenvalue weighted by atomic mass is 9.83. The maximum absolute atomic E-state index is 13.9. The van der Waals surface area contributed by atoms with Crippen LogP contribution in [0.25, 0.3) is 11.4 Å². The number of rotatable bonds is 4. The summed E-state index contributed by atoms with van der Waals surface area (Å²) in [5, 5.41) is 0. The van der Waals surface area contributed by atoms with E-state index < -0.39 is 5.41 Å². The van der Waals surface area contributed by atoms with Crippen LogP contribution in [0, 0.1) is 4.77 Å². The van der Waals surface area contributed by atoms with Gasteiger partial charge in [0.1, 0.15) is 11.5 Å². The number of methoxy groups -OCH3 is 2. The molecule has 0 radical (unpaired) electrons. The molecule has 6 nitrogen and oxygen atoms in total. The summed E-state index contributed by atoms with van der Waals surface area (Å²) in [6.07, 6.45) is 1.94. The average molecular weight is 437 g/mol. The minimum Gasteiger partial charge on any atom is -0.495 e. The highest BCUT2D eigenvalue weighted by atomic mass is 32.1. The van der Waals surface area contributed by atoms with Gasteiger partial charge in [-0.3, -0.25) is 9.36 Å². The molecule has 0 fully saturated rings. The number of hydrogen-bond donors (Lipinski definition) is 0. The second-order valence-electron chi connectivity index (χ2n) is 7.86. The van der Waals surface area contributed by atoms with Crippen molar-refractivity contribution in [2.75, 3.05) is 14.2 Å². The molecule has 0 aliphatic carbocycles. The molecule has 0 bridgehead atoms. The third-order valence-electron chi connectivity index (χ3n) is 5.33. The number of fused-ring (bicyclic) bond motifs is 1. The van der Waals surface area contributed by atoms with Gasteiger partial charge in [0.15, 0.2) is 4.77 Å². The number of aromatic nitrogens is 2. The van der Waals surface area contributed by atoms with Crippen LogP contribution in [-0.4, -0.2) is 23.4 Å². The first kappa shape index (κ1) is 20.9. The average Bonchev–Trinajstić information content (AvgIpc) is 2.73. The SMILES string of the molecule is COc1ccccc1-n1c2c(c(=O)n(-c3ccccc3OC)c1=S)C(C)(C)C=C(C)O2. The van der Waals surface area contributed by atoms with Crippen molar-refractivity contribution in [3.05, 3.63) is 81.1 Å². The molecule has 1 aliphatic heterocycles. The van der Waals surface area contributed by atoms with E-state index in [1.807, 2.05) is 69.3 Å². The van der Waals surface area contributed by atoms with E-state index in [2.05, 4.69) is 0 Å². The van der Waals surface area contributed by atoms with Gasteiger partial charge in [0.2, 0.25) is 5.88 Å². The van der Waals surface area contributed by atoms with Gasteiger partial charge in [-0.2, -0.15) is 0 Å². The van der Waals surface area contributed by atoms with Crippen LogP contribution in [0.3, 0.4) is 0 Å². The molecule has 0 amide bonds. The summed E-state index contributed by atoms with van der Waals surface area (Å²) in [4.78, 5) is 13.9. The molecule has 0 saturated carbocycles. The minimum absolute atomic E-state index is 0.246. The Labute approximate surface area is 185 Å². The van der Waals surface area contributed by atoms with Crippen LogP contribution in [0.15, 0.2) is 65.2 Å². The summed E-state index contributed by atoms with van der Waals surface area (Å²) < 4.78 is 20.8. The third kappa shape index (κ3) is 3.35. The lowest BCUT2D eigenvalue weighted by molar-refractivity contribution is 0.347. The van der Waals surface area contributed by atoms with Gasteiger partial charge in [0.05, 0.1) is 36.9 Å². The van der Waals surface area contributed by atoms with E-state index in [1.165, 1.54) is 4.57 Å². The fraction of sp³-hybridized carbons (Fsp3) is 0.250. The Bertz CT molecular complexity index is 1320. The first-order valence-corrected chi connectivity index (χ1v) is 10.3. The van der Waals surface area contributed by atoms with E-state index >= 15 is 0 Å². The highest BCUT2D eigenvalue weighted by molar-refractivity contribution is 7.71.